The Kier molecular flexibility index (Phi) is 7.77. The van der Waals surface area contributed by atoms with Gasteiger partial charge < -0.3 is 4.74 Å². The Hall–Kier alpha value is -1.27. The van der Waals surface area contributed by atoms with Gasteiger partial charge in [-0.25, -0.2) is 0 Å². The topological polar surface area (TPSA) is 9.23 Å². The van der Waals surface area contributed by atoms with E-state index in [0.717, 1.165) is 42.7 Å². The van der Waals surface area contributed by atoms with Gasteiger partial charge in [0.15, 0.2) is 0 Å². The van der Waals surface area contributed by atoms with Crippen LogP contribution in [0.15, 0.2) is 64.9 Å². The number of ether oxygens (including phenoxy) is 1. The van der Waals surface area contributed by atoms with E-state index < -0.39 is 0 Å². The Morgan fingerprint density at radius 1 is 1.27 bits per heavy atom. The second kappa shape index (κ2) is 9.60. The first-order valence-corrected chi connectivity index (χ1v) is 10.2. The van der Waals surface area contributed by atoms with Gasteiger partial charge in [-0.3, -0.25) is 0 Å². The molecule has 2 rings (SSSR count). The third-order valence-electron chi connectivity index (χ3n) is 5.11. The van der Waals surface area contributed by atoms with E-state index >= 15 is 0 Å². The van der Waals surface area contributed by atoms with Gasteiger partial charge in [0.05, 0.1) is 11.7 Å². The zero-order chi connectivity index (χ0) is 19.2. The highest BCUT2D eigenvalue weighted by molar-refractivity contribution is 6.32. The maximum absolute atomic E-state index is 6.36. The molecule has 0 N–H and O–H groups in total. The zero-order valence-corrected chi connectivity index (χ0v) is 17.4. The van der Waals surface area contributed by atoms with Crippen molar-refractivity contribution in [2.75, 3.05) is 0 Å². The quantitative estimate of drug-likeness (QED) is 0.318. The second-order valence-corrected chi connectivity index (χ2v) is 8.57. The van der Waals surface area contributed by atoms with Crippen molar-refractivity contribution in [2.24, 2.45) is 5.92 Å². The van der Waals surface area contributed by atoms with E-state index in [1.807, 2.05) is 12.2 Å². The summed E-state index contributed by atoms with van der Waals surface area (Å²) in [6.45, 7) is 14.6. The van der Waals surface area contributed by atoms with Crippen LogP contribution in [0.25, 0.3) is 0 Å². The molecule has 2 heteroatoms. The van der Waals surface area contributed by atoms with Crippen molar-refractivity contribution in [3.63, 3.8) is 0 Å². The monoisotopic (exact) mass is 372 g/mol. The van der Waals surface area contributed by atoms with Gasteiger partial charge in [-0.1, -0.05) is 42.5 Å². The SMILES string of the molecule is C=C(CC/C=C\C(=C)C1CC1)/C(Cl)=C\C=C=C(C)[C@H]1CCCC(C)(C)O1. The molecule has 142 valence electrons. The fraction of sp³-hybridized carbons (Fsp3) is 0.542. The minimum atomic E-state index is -0.0358. The van der Waals surface area contributed by atoms with Crippen LogP contribution in [0.3, 0.4) is 0 Å². The predicted molar refractivity (Wildman–Crippen MR) is 113 cm³/mol. The smallest absolute Gasteiger partial charge is 0.0863 e. The Morgan fingerprint density at radius 2 is 2.00 bits per heavy atom. The summed E-state index contributed by atoms with van der Waals surface area (Å²) >= 11 is 6.36. The average Bonchev–Trinajstić information content (AvgIpc) is 3.42. The molecule has 2 fully saturated rings. The normalized spacial score (nSPS) is 22.8. The van der Waals surface area contributed by atoms with Gasteiger partial charge in [-0.05, 0) is 94.9 Å². The molecule has 1 saturated carbocycles. The first kappa shape index (κ1) is 21.0. The molecule has 26 heavy (non-hydrogen) atoms. The lowest BCUT2D eigenvalue weighted by atomic mass is 9.93. The lowest BCUT2D eigenvalue weighted by Crippen LogP contribution is -2.35. The molecular weight excluding hydrogens is 340 g/mol. The van der Waals surface area contributed by atoms with E-state index in [0.29, 0.717) is 5.03 Å². The van der Waals surface area contributed by atoms with Crippen LogP contribution in [0.4, 0.5) is 0 Å². The van der Waals surface area contributed by atoms with Gasteiger partial charge in [-0.2, -0.15) is 0 Å². The highest BCUT2D eigenvalue weighted by atomic mass is 35.5. The predicted octanol–water partition coefficient (Wildman–Crippen LogP) is 7.42. The van der Waals surface area contributed by atoms with Crippen molar-refractivity contribution >= 4 is 11.6 Å². The fourth-order valence-corrected chi connectivity index (χ4v) is 3.34. The molecule has 1 aliphatic heterocycles. The molecule has 1 saturated heterocycles. The summed E-state index contributed by atoms with van der Waals surface area (Å²) < 4.78 is 6.14. The minimum Gasteiger partial charge on any atom is -0.367 e. The highest BCUT2D eigenvalue weighted by Crippen LogP contribution is 2.36. The molecule has 0 amide bonds. The Balaban J connectivity index is 1.82. The van der Waals surface area contributed by atoms with Gasteiger partial charge in [-0.15, -0.1) is 5.73 Å². The zero-order valence-electron chi connectivity index (χ0n) is 16.6. The molecule has 0 aromatic rings. The van der Waals surface area contributed by atoms with Crippen molar-refractivity contribution in [3.8, 4) is 0 Å². The molecule has 1 aliphatic carbocycles. The molecule has 0 unspecified atom stereocenters. The van der Waals surface area contributed by atoms with Crippen molar-refractivity contribution in [3.05, 3.63) is 64.9 Å². The number of hydrogen-bond acceptors (Lipinski definition) is 1. The molecule has 2 aliphatic rings. The fourth-order valence-electron chi connectivity index (χ4n) is 3.18. The lowest BCUT2D eigenvalue weighted by molar-refractivity contribution is -0.0902. The van der Waals surface area contributed by atoms with Crippen molar-refractivity contribution < 1.29 is 4.74 Å². The molecule has 0 aromatic heterocycles. The van der Waals surface area contributed by atoms with Crippen LogP contribution in [0.2, 0.25) is 0 Å². The van der Waals surface area contributed by atoms with Gasteiger partial charge >= 0.3 is 0 Å². The van der Waals surface area contributed by atoms with E-state index in [9.17, 15) is 0 Å². The number of rotatable bonds is 8. The van der Waals surface area contributed by atoms with Gasteiger partial charge in [0.25, 0.3) is 0 Å². The average molecular weight is 373 g/mol. The van der Waals surface area contributed by atoms with E-state index in [2.05, 4.69) is 51.8 Å². The van der Waals surface area contributed by atoms with Crippen molar-refractivity contribution in [1.29, 1.82) is 0 Å². The maximum atomic E-state index is 6.36. The molecule has 0 spiro atoms. The van der Waals surface area contributed by atoms with Crippen LogP contribution >= 0.6 is 11.6 Å². The summed E-state index contributed by atoms with van der Waals surface area (Å²) in [6, 6.07) is 0. The molecule has 1 heterocycles. The molecular formula is C24H33ClO. The van der Waals surface area contributed by atoms with Crippen LogP contribution in [0.5, 0.6) is 0 Å². The summed E-state index contributed by atoms with van der Waals surface area (Å²) in [5.41, 5.74) is 6.63. The van der Waals surface area contributed by atoms with Gasteiger partial charge in [0.2, 0.25) is 0 Å². The molecule has 0 radical (unpaired) electrons. The first-order valence-electron chi connectivity index (χ1n) is 9.79. The third kappa shape index (κ3) is 7.16. The van der Waals surface area contributed by atoms with Crippen LogP contribution in [0, 0.1) is 5.92 Å². The molecule has 0 aromatic carbocycles. The molecule has 1 atom stereocenters. The van der Waals surface area contributed by atoms with E-state index in [1.54, 1.807) is 0 Å². The number of allylic oxidation sites excluding steroid dienone is 6. The Morgan fingerprint density at radius 3 is 2.65 bits per heavy atom. The molecule has 0 bridgehead atoms. The van der Waals surface area contributed by atoms with Gasteiger partial charge in [0, 0.05) is 5.03 Å². The maximum Gasteiger partial charge on any atom is 0.0863 e. The Labute approximate surface area is 164 Å². The third-order valence-corrected chi connectivity index (χ3v) is 5.51. The minimum absolute atomic E-state index is 0.0358. The summed E-state index contributed by atoms with van der Waals surface area (Å²) in [5.74, 6) is 0.733. The summed E-state index contributed by atoms with van der Waals surface area (Å²) in [6.07, 6.45) is 16.1. The summed E-state index contributed by atoms with van der Waals surface area (Å²) in [5, 5.41) is 0.699. The van der Waals surface area contributed by atoms with Gasteiger partial charge in [0.1, 0.15) is 0 Å². The molecule has 1 nitrogen and oxygen atoms in total. The largest absolute Gasteiger partial charge is 0.367 e. The second-order valence-electron chi connectivity index (χ2n) is 8.16. The standard InChI is InChI=1S/C24H33ClO/c1-18(21-15-16-21)10-6-7-11-19(2)22(25)13-8-12-20(3)23-14-9-17-24(4,5)26-23/h6,8,10,13,21,23H,1-2,7,9,11,14-17H2,3-5H3/b10-6-,22-13+/t12?,23-/m1/s1. The number of halogens is 1. The first-order chi connectivity index (χ1) is 12.3. The summed E-state index contributed by atoms with van der Waals surface area (Å²) in [4.78, 5) is 0. The Bertz CT molecular complexity index is 652. The lowest BCUT2D eigenvalue weighted by Gasteiger charge is -2.36. The van der Waals surface area contributed by atoms with E-state index in [1.165, 1.54) is 24.8 Å². The summed E-state index contributed by atoms with van der Waals surface area (Å²) in [7, 11) is 0. The van der Waals surface area contributed by atoms with E-state index in [-0.39, 0.29) is 11.7 Å². The highest BCUT2D eigenvalue weighted by Gasteiger charge is 2.29. The van der Waals surface area contributed by atoms with Crippen LogP contribution in [0.1, 0.15) is 65.7 Å². The van der Waals surface area contributed by atoms with Crippen molar-refractivity contribution in [2.45, 2.75) is 77.4 Å². The van der Waals surface area contributed by atoms with Crippen LogP contribution in [-0.4, -0.2) is 11.7 Å². The van der Waals surface area contributed by atoms with E-state index in [4.69, 9.17) is 16.3 Å². The number of hydrogen-bond donors (Lipinski definition) is 0. The van der Waals surface area contributed by atoms with Crippen molar-refractivity contribution in [1.82, 2.24) is 0 Å². The van der Waals surface area contributed by atoms with Crippen LogP contribution < -0.4 is 0 Å². The van der Waals surface area contributed by atoms with Crippen LogP contribution in [-0.2, 0) is 4.74 Å².